The molecule has 1 amide bonds. The first-order valence-electron chi connectivity index (χ1n) is 7.37. The average molecular weight is 284 g/mol. The van der Waals surface area contributed by atoms with Crippen molar-refractivity contribution in [2.24, 2.45) is 5.92 Å². The van der Waals surface area contributed by atoms with Crippen molar-refractivity contribution in [1.82, 2.24) is 15.1 Å². The Labute approximate surface area is 124 Å². The molecule has 2 unspecified atom stereocenters. The molecule has 0 radical (unpaired) electrons. The Bertz CT molecular complexity index is 608. The minimum Gasteiger partial charge on any atom is -0.326 e. The molecule has 0 saturated carbocycles. The molecule has 1 saturated heterocycles. The van der Waals surface area contributed by atoms with Gasteiger partial charge in [-0.3, -0.25) is 4.79 Å². The van der Waals surface area contributed by atoms with E-state index in [4.69, 9.17) is 0 Å². The fourth-order valence-electron chi connectivity index (χ4n) is 2.76. The molecule has 1 aromatic heterocycles. The highest BCUT2D eigenvalue weighted by Gasteiger charge is 2.24. The highest BCUT2D eigenvalue weighted by molar-refractivity contribution is 5.92. The number of benzene rings is 1. The number of anilines is 1. The smallest absolute Gasteiger partial charge is 0.227 e. The van der Waals surface area contributed by atoms with E-state index in [0.717, 1.165) is 30.8 Å². The highest BCUT2D eigenvalue weighted by Crippen LogP contribution is 2.20. The third kappa shape index (κ3) is 3.31. The summed E-state index contributed by atoms with van der Waals surface area (Å²) in [5, 5.41) is 10.6. The minimum atomic E-state index is 0.0922. The molecule has 1 fully saturated rings. The van der Waals surface area contributed by atoms with Crippen LogP contribution in [0.15, 0.2) is 42.7 Å². The molecule has 2 heterocycles. The molecule has 5 heteroatoms. The molecule has 0 spiro atoms. The topological polar surface area (TPSA) is 59.0 Å². The monoisotopic (exact) mass is 284 g/mol. The van der Waals surface area contributed by atoms with Crippen molar-refractivity contribution in [2.45, 2.75) is 25.8 Å². The molecule has 2 N–H and O–H groups in total. The van der Waals surface area contributed by atoms with Crippen LogP contribution in [0, 0.1) is 5.92 Å². The van der Waals surface area contributed by atoms with E-state index >= 15 is 0 Å². The van der Waals surface area contributed by atoms with Gasteiger partial charge in [-0.05, 0) is 50.6 Å². The molecule has 2 atom stereocenters. The number of amides is 1. The maximum absolute atomic E-state index is 12.3. The molecule has 1 aliphatic rings. The number of nitrogens with one attached hydrogen (secondary N) is 2. The standard InChI is InChI=1S/C16H20N4O/c1-12-10-13(6-8-17-12)16(21)19-14-4-2-5-15(11-14)20-9-3-7-18-20/h2-5,7,9,11-13,17H,6,8,10H2,1H3,(H,19,21). The molecule has 3 rings (SSSR count). The molecule has 1 aromatic carbocycles. The Morgan fingerprint density at radius 3 is 3.10 bits per heavy atom. The summed E-state index contributed by atoms with van der Waals surface area (Å²) < 4.78 is 1.78. The number of hydrogen-bond acceptors (Lipinski definition) is 3. The fourth-order valence-corrected chi connectivity index (χ4v) is 2.76. The van der Waals surface area contributed by atoms with Crippen molar-refractivity contribution in [3.8, 4) is 5.69 Å². The lowest BCUT2D eigenvalue weighted by Crippen LogP contribution is -2.40. The number of aromatic nitrogens is 2. The van der Waals surface area contributed by atoms with E-state index < -0.39 is 0 Å². The Balaban J connectivity index is 1.70. The number of rotatable bonds is 3. The largest absolute Gasteiger partial charge is 0.326 e. The second-order valence-corrected chi connectivity index (χ2v) is 5.57. The van der Waals surface area contributed by atoms with Gasteiger partial charge in [0.2, 0.25) is 5.91 Å². The number of carbonyl (C=O) groups is 1. The van der Waals surface area contributed by atoms with Crippen molar-refractivity contribution in [3.63, 3.8) is 0 Å². The summed E-state index contributed by atoms with van der Waals surface area (Å²) >= 11 is 0. The van der Waals surface area contributed by atoms with Crippen LogP contribution < -0.4 is 10.6 Å². The zero-order valence-electron chi connectivity index (χ0n) is 12.1. The van der Waals surface area contributed by atoms with E-state index in [-0.39, 0.29) is 11.8 Å². The molecule has 110 valence electrons. The summed E-state index contributed by atoms with van der Waals surface area (Å²) in [5.74, 6) is 0.204. The van der Waals surface area contributed by atoms with Gasteiger partial charge in [-0.1, -0.05) is 6.07 Å². The maximum Gasteiger partial charge on any atom is 0.227 e. The average Bonchev–Trinajstić information content (AvgIpc) is 3.02. The second kappa shape index (κ2) is 6.10. The summed E-state index contributed by atoms with van der Waals surface area (Å²) in [4.78, 5) is 12.3. The van der Waals surface area contributed by atoms with Crippen molar-refractivity contribution >= 4 is 11.6 Å². The van der Waals surface area contributed by atoms with Crippen LogP contribution in [-0.2, 0) is 4.79 Å². The first-order chi connectivity index (χ1) is 10.2. The molecule has 5 nitrogen and oxygen atoms in total. The van der Waals surface area contributed by atoms with Crippen molar-refractivity contribution in [2.75, 3.05) is 11.9 Å². The number of hydrogen-bond donors (Lipinski definition) is 2. The Kier molecular flexibility index (Phi) is 4.01. The van der Waals surface area contributed by atoms with Gasteiger partial charge >= 0.3 is 0 Å². The van der Waals surface area contributed by atoms with Gasteiger partial charge in [0.1, 0.15) is 0 Å². The first-order valence-corrected chi connectivity index (χ1v) is 7.37. The van der Waals surface area contributed by atoms with Crippen LogP contribution in [0.3, 0.4) is 0 Å². The van der Waals surface area contributed by atoms with Gasteiger partial charge in [-0.25, -0.2) is 4.68 Å². The van der Waals surface area contributed by atoms with Crippen LogP contribution in [0.4, 0.5) is 5.69 Å². The van der Waals surface area contributed by atoms with E-state index in [1.165, 1.54) is 0 Å². The first kappa shape index (κ1) is 13.8. The van der Waals surface area contributed by atoms with Crippen LogP contribution >= 0.6 is 0 Å². The van der Waals surface area contributed by atoms with E-state index in [0.29, 0.717) is 6.04 Å². The number of nitrogens with zero attached hydrogens (tertiary/aromatic N) is 2. The Hall–Kier alpha value is -2.14. The summed E-state index contributed by atoms with van der Waals surface area (Å²) in [5.41, 5.74) is 1.76. The summed E-state index contributed by atoms with van der Waals surface area (Å²) in [6.07, 6.45) is 5.41. The predicted octanol–water partition coefficient (Wildman–Crippen LogP) is 2.20. The van der Waals surface area contributed by atoms with Crippen molar-refractivity contribution < 1.29 is 4.79 Å². The quantitative estimate of drug-likeness (QED) is 0.908. The number of carbonyl (C=O) groups excluding carboxylic acids is 1. The van der Waals surface area contributed by atoms with Gasteiger partial charge in [-0.2, -0.15) is 5.10 Å². The molecule has 21 heavy (non-hydrogen) atoms. The van der Waals surface area contributed by atoms with Crippen molar-refractivity contribution in [3.05, 3.63) is 42.7 Å². The Morgan fingerprint density at radius 1 is 1.43 bits per heavy atom. The third-order valence-electron chi connectivity index (χ3n) is 3.88. The van der Waals surface area contributed by atoms with Gasteiger partial charge in [-0.15, -0.1) is 0 Å². The summed E-state index contributed by atoms with van der Waals surface area (Å²) in [6.45, 7) is 3.03. The lowest BCUT2D eigenvalue weighted by Gasteiger charge is -2.27. The highest BCUT2D eigenvalue weighted by atomic mass is 16.1. The van der Waals surface area contributed by atoms with Gasteiger partial charge in [0.05, 0.1) is 5.69 Å². The predicted molar refractivity (Wildman–Crippen MR) is 82.4 cm³/mol. The van der Waals surface area contributed by atoms with Crippen LogP contribution in [0.1, 0.15) is 19.8 Å². The van der Waals surface area contributed by atoms with Crippen LogP contribution in [0.25, 0.3) is 5.69 Å². The van der Waals surface area contributed by atoms with E-state index in [1.807, 2.05) is 36.5 Å². The number of piperidine rings is 1. The van der Waals surface area contributed by atoms with E-state index in [9.17, 15) is 4.79 Å². The molecule has 1 aliphatic heterocycles. The van der Waals surface area contributed by atoms with Gasteiger partial charge in [0, 0.05) is 30.0 Å². The third-order valence-corrected chi connectivity index (χ3v) is 3.88. The molecule has 0 bridgehead atoms. The van der Waals surface area contributed by atoms with Crippen molar-refractivity contribution in [1.29, 1.82) is 0 Å². The van der Waals surface area contributed by atoms with Crippen LogP contribution in [0.5, 0.6) is 0 Å². The normalized spacial score (nSPS) is 22.0. The van der Waals surface area contributed by atoms with Gasteiger partial charge < -0.3 is 10.6 Å². The SMILES string of the molecule is CC1CC(C(=O)Nc2cccc(-n3cccn3)c2)CCN1. The second-order valence-electron chi connectivity index (χ2n) is 5.57. The Morgan fingerprint density at radius 2 is 2.33 bits per heavy atom. The lowest BCUT2D eigenvalue weighted by atomic mass is 9.92. The van der Waals surface area contributed by atoms with E-state index in [1.54, 1.807) is 10.9 Å². The molecular formula is C16H20N4O. The zero-order valence-corrected chi connectivity index (χ0v) is 12.1. The molecular weight excluding hydrogens is 264 g/mol. The van der Waals surface area contributed by atoms with Gasteiger partial charge in [0.25, 0.3) is 0 Å². The molecule has 2 aromatic rings. The van der Waals surface area contributed by atoms with Crippen LogP contribution in [0.2, 0.25) is 0 Å². The fraction of sp³-hybridized carbons (Fsp3) is 0.375. The molecule has 0 aliphatic carbocycles. The maximum atomic E-state index is 12.3. The minimum absolute atomic E-state index is 0.0922. The lowest BCUT2D eigenvalue weighted by molar-refractivity contribution is -0.120. The zero-order chi connectivity index (χ0) is 14.7. The van der Waals surface area contributed by atoms with Gasteiger partial charge in [0.15, 0.2) is 0 Å². The van der Waals surface area contributed by atoms with E-state index in [2.05, 4.69) is 22.7 Å². The van der Waals surface area contributed by atoms with Crippen LogP contribution in [-0.4, -0.2) is 28.3 Å². The summed E-state index contributed by atoms with van der Waals surface area (Å²) in [6, 6.07) is 10.0. The summed E-state index contributed by atoms with van der Waals surface area (Å²) in [7, 11) is 0.